The highest BCUT2D eigenvalue weighted by molar-refractivity contribution is 5.78. The van der Waals surface area contributed by atoms with Crippen molar-refractivity contribution in [3.05, 3.63) is 35.4 Å². The minimum atomic E-state index is -0.239. The van der Waals surface area contributed by atoms with Crippen LogP contribution in [0.1, 0.15) is 30.9 Å². The van der Waals surface area contributed by atoms with Gasteiger partial charge in [-0.25, -0.2) is 9.79 Å². The van der Waals surface area contributed by atoms with Crippen LogP contribution in [0, 0.1) is 0 Å². The van der Waals surface area contributed by atoms with Crippen LogP contribution in [0.5, 0.6) is 0 Å². The highest BCUT2D eigenvalue weighted by Crippen LogP contribution is 2.13. The van der Waals surface area contributed by atoms with Crippen molar-refractivity contribution in [2.45, 2.75) is 39.0 Å². The van der Waals surface area contributed by atoms with E-state index in [9.17, 15) is 4.79 Å². The number of aliphatic imine (C=N–C) groups is 1. The maximum absolute atomic E-state index is 11.7. The van der Waals surface area contributed by atoms with Crippen molar-refractivity contribution >= 4 is 12.1 Å². The van der Waals surface area contributed by atoms with Gasteiger partial charge in [0, 0.05) is 26.2 Å². The number of nitrogens with two attached hydrogens (primary N) is 1. The van der Waals surface area contributed by atoms with Crippen LogP contribution in [0.15, 0.2) is 29.3 Å². The van der Waals surface area contributed by atoms with Crippen LogP contribution in [-0.4, -0.2) is 49.8 Å². The van der Waals surface area contributed by atoms with Crippen molar-refractivity contribution in [1.29, 1.82) is 0 Å². The lowest BCUT2D eigenvalue weighted by Gasteiger charge is -2.31. The van der Waals surface area contributed by atoms with E-state index in [0.717, 1.165) is 24.0 Å². The lowest BCUT2D eigenvalue weighted by molar-refractivity contribution is 0.0963. The van der Waals surface area contributed by atoms with Gasteiger partial charge in [-0.3, -0.25) is 0 Å². The molecule has 0 atom stereocenters. The van der Waals surface area contributed by atoms with Gasteiger partial charge in [0.1, 0.15) is 0 Å². The minimum absolute atomic E-state index is 0.226. The molecule has 0 unspecified atom stereocenters. The van der Waals surface area contributed by atoms with E-state index in [1.807, 2.05) is 31.2 Å². The highest BCUT2D eigenvalue weighted by Gasteiger charge is 2.23. The number of piperidine rings is 1. The van der Waals surface area contributed by atoms with Gasteiger partial charge in [0.25, 0.3) is 0 Å². The largest absolute Gasteiger partial charge is 0.450 e. The van der Waals surface area contributed by atoms with Crippen molar-refractivity contribution in [1.82, 2.24) is 10.2 Å². The second-order valence-corrected chi connectivity index (χ2v) is 6.01. The first-order valence-electron chi connectivity index (χ1n) is 8.68. The fraction of sp³-hybridized carbons (Fsp3) is 0.556. The van der Waals surface area contributed by atoms with Crippen LogP contribution in [0.25, 0.3) is 0 Å². The summed E-state index contributed by atoms with van der Waals surface area (Å²) in [5.41, 5.74) is 8.24. The first-order chi connectivity index (χ1) is 12.1. The number of hydrogen-bond acceptors (Lipinski definition) is 4. The molecule has 0 bridgehead atoms. The summed E-state index contributed by atoms with van der Waals surface area (Å²) in [7, 11) is 1.68. The topological polar surface area (TPSA) is 89.2 Å². The number of carbonyl (C=O) groups excluding carboxylic acids is 1. The summed E-state index contributed by atoms with van der Waals surface area (Å²) < 4.78 is 10.2. The van der Waals surface area contributed by atoms with E-state index in [-0.39, 0.29) is 12.1 Å². The number of rotatable bonds is 6. The molecule has 0 spiro atoms. The second kappa shape index (κ2) is 9.88. The molecule has 1 aliphatic rings. The van der Waals surface area contributed by atoms with Crippen LogP contribution in [-0.2, 0) is 22.6 Å². The first-order valence-corrected chi connectivity index (χ1v) is 8.68. The number of likely N-dealkylation sites (tertiary alicyclic amines) is 1. The van der Waals surface area contributed by atoms with Crippen LogP contribution < -0.4 is 11.1 Å². The molecule has 1 aromatic rings. The molecule has 7 nitrogen and oxygen atoms in total. The molecule has 2 rings (SSSR count). The summed E-state index contributed by atoms with van der Waals surface area (Å²) in [4.78, 5) is 17.9. The zero-order chi connectivity index (χ0) is 18.1. The van der Waals surface area contributed by atoms with E-state index in [4.69, 9.17) is 15.2 Å². The molecule has 1 aromatic carbocycles. The van der Waals surface area contributed by atoms with Gasteiger partial charge in [-0.2, -0.15) is 0 Å². The summed E-state index contributed by atoms with van der Waals surface area (Å²) >= 11 is 0. The van der Waals surface area contributed by atoms with Gasteiger partial charge in [0.2, 0.25) is 0 Å². The predicted molar refractivity (Wildman–Crippen MR) is 97.2 cm³/mol. The van der Waals surface area contributed by atoms with Gasteiger partial charge in [-0.15, -0.1) is 0 Å². The number of hydrogen-bond donors (Lipinski definition) is 2. The van der Waals surface area contributed by atoms with Gasteiger partial charge >= 0.3 is 6.09 Å². The SMILES string of the molecule is CCOC(=O)N1CCC(NC(N)=NCc2ccccc2COC)CC1. The Labute approximate surface area is 149 Å². The smallest absolute Gasteiger partial charge is 0.409 e. The Kier molecular flexibility index (Phi) is 7.53. The lowest BCUT2D eigenvalue weighted by atomic mass is 10.1. The molecule has 3 N–H and O–H groups in total. The average molecular weight is 348 g/mol. The fourth-order valence-electron chi connectivity index (χ4n) is 2.85. The first kappa shape index (κ1) is 19.1. The number of benzene rings is 1. The van der Waals surface area contributed by atoms with Crippen molar-refractivity contribution in [3.8, 4) is 0 Å². The van der Waals surface area contributed by atoms with Gasteiger partial charge < -0.3 is 25.4 Å². The van der Waals surface area contributed by atoms with Gasteiger partial charge in [-0.05, 0) is 30.9 Å². The van der Waals surface area contributed by atoms with Crippen LogP contribution in [0.2, 0.25) is 0 Å². The highest BCUT2D eigenvalue weighted by atomic mass is 16.6. The van der Waals surface area contributed by atoms with Gasteiger partial charge in [-0.1, -0.05) is 24.3 Å². The summed E-state index contributed by atoms with van der Waals surface area (Å²) in [6, 6.07) is 8.26. The molecule has 7 heteroatoms. The number of nitrogens with one attached hydrogen (secondary N) is 1. The van der Waals surface area contributed by atoms with E-state index in [1.165, 1.54) is 0 Å². The number of amides is 1. The Balaban J connectivity index is 1.81. The molecule has 1 heterocycles. The molecule has 25 heavy (non-hydrogen) atoms. The molecular formula is C18H28N4O3. The van der Waals surface area contributed by atoms with E-state index in [0.29, 0.717) is 38.8 Å². The Morgan fingerprint density at radius 1 is 1.32 bits per heavy atom. The zero-order valence-corrected chi connectivity index (χ0v) is 15.0. The molecule has 138 valence electrons. The molecule has 1 saturated heterocycles. The van der Waals surface area contributed by atoms with E-state index in [2.05, 4.69) is 10.3 Å². The molecule has 1 amide bonds. The third kappa shape index (κ3) is 5.94. The monoisotopic (exact) mass is 348 g/mol. The Morgan fingerprint density at radius 2 is 2.00 bits per heavy atom. The van der Waals surface area contributed by atoms with Crippen LogP contribution in [0.3, 0.4) is 0 Å². The maximum atomic E-state index is 11.7. The zero-order valence-electron chi connectivity index (χ0n) is 15.0. The molecule has 0 aromatic heterocycles. The van der Waals surface area contributed by atoms with Crippen LogP contribution in [0.4, 0.5) is 4.79 Å². The van der Waals surface area contributed by atoms with E-state index >= 15 is 0 Å². The van der Waals surface area contributed by atoms with Gasteiger partial charge in [0.15, 0.2) is 5.96 Å². The number of nitrogens with zero attached hydrogens (tertiary/aromatic N) is 2. The second-order valence-electron chi connectivity index (χ2n) is 6.01. The summed E-state index contributed by atoms with van der Waals surface area (Å²) in [5, 5.41) is 3.25. The maximum Gasteiger partial charge on any atom is 0.409 e. The Bertz CT molecular complexity index is 583. The summed E-state index contributed by atoms with van der Waals surface area (Å²) in [6.45, 7) is 4.63. The van der Waals surface area contributed by atoms with E-state index < -0.39 is 0 Å². The molecule has 1 aliphatic heterocycles. The third-order valence-corrected chi connectivity index (χ3v) is 4.21. The van der Waals surface area contributed by atoms with Crippen LogP contribution >= 0.6 is 0 Å². The quantitative estimate of drug-likeness (QED) is 0.605. The normalized spacial score (nSPS) is 15.9. The van der Waals surface area contributed by atoms with Gasteiger partial charge in [0.05, 0.1) is 19.8 Å². The number of ether oxygens (including phenoxy) is 2. The molecular weight excluding hydrogens is 320 g/mol. The number of guanidine groups is 1. The average Bonchev–Trinajstić information content (AvgIpc) is 2.62. The lowest BCUT2D eigenvalue weighted by Crippen LogP contribution is -2.48. The summed E-state index contributed by atoms with van der Waals surface area (Å²) in [6.07, 6.45) is 1.42. The molecule has 1 fully saturated rings. The van der Waals surface area contributed by atoms with E-state index in [1.54, 1.807) is 12.0 Å². The molecule has 0 aliphatic carbocycles. The number of carbonyl (C=O) groups is 1. The Morgan fingerprint density at radius 3 is 2.64 bits per heavy atom. The molecule has 0 saturated carbocycles. The predicted octanol–water partition coefficient (Wildman–Crippen LogP) is 1.86. The minimum Gasteiger partial charge on any atom is -0.450 e. The molecule has 0 radical (unpaired) electrons. The standard InChI is InChI=1S/C18H28N4O3/c1-3-25-18(23)22-10-8-16(9-11-22)21-17(19)20-12-14-6-4-5-7-15(14)13-24-2/h4-7,16H,3,8-13H2,1-2H3,(H3,19,20,21). The van der Waals surface area contributed by atoms with Crippen molar-refractivity contribution < 1.29 is 14.3 Å². The fourth-order valence-corrected chi connectivity index (χ4v) is 2.85. The van der Waals surface area contributed by atoms with Crippen molar-refractivity contribution in [3.63, 3.8) is 0 Å². The Hall–Kier alpha value is -2.28. The van der Waals surface area contributed by atoms with Crippen molar-refractivity contribution in [2.24, 2.45) is 10.7 Å². The third-order valence-electron chi connectivity index (χ3n) is 4.21. The number of methoxy groups -OCH3 is 1. The summed E-state index contributed by atoms with van der Waals surface area (Å²) in [5.74, 6) is 0.432. The van der Waals surface area contributed by atoms with Crippen molar-refractivity contribution in [2.75, 3.05) is 26.8 Å².